The number of hydrogen-bond acceptors (Lipinski definition) is 4. The molecule has 0 spiro atoms. The van der Waals surface area contributed by atoms with Gasteiger partial charge in [-0.15, -0.1) is 23.4 Å². The van der Waals surface area contributed by atoms with Gasteiger partial charge in [0.2, 0.25) is 5.78 Å². The molecule has 2 heterocycles. The standard InChI is InChI=1S/C22H24N4OS/c1-5-12-25-18-16-11-9-8-10-15(16)14-22(4,7-3)17(18)19(27)26-20(25)23-24-21(26)28-13-6-2/h5-6,8-11H,1-2,7,12-14H2,3-4H3/t22-/m1/s1. The van der Waals surface area contributed by atoms with Gasteiger partial charge in [0.25, 0.3) is 5.56 Å². The molecule has 5 nitrogen and oxygen atoms in total. The van der Waals surface area contributed by atoms with Crippen LogP contribution in [0.15, 0.2) is 59.5 Å². The van der Waals surface area contributed by atoms with Crippen molar-refractivity contribution in [1.82, 2.24) is 19.2 Å². The number of benzene rings is 1. The van der Waals surface area contributed by atoms with E-state index in [9.17, 15) is 4.79 Å². The van der Waals surface area contributed by atoms with Gasteiger partial charge < -0.3 is 4.57 Å². The maximum Gasteiger partial charge on any atom is 0.265 e. The van der Waals surface area contributed by atoms with E-state index in [1.54, 1.807) is 10.5 Å². The van der Waals surface area contributed by atoms with Crippen LogP contribution in [0.5, 0.6) is 0 Å². The van der Waals surface area contributed by atoms with Crippen molar-refractivity contribution < 1.29 is 0 Å². The maximum absolute atomic E-state index is 13.8. The quantitative estimate of drug-likeness (QED) is 0.465. The van der Waals surface area contributed by atoms with Crippen molar-refractivity contribution in [3.8, 4) is 11.3 Å². The average molecular weight is 393 g/mol. The Morgan fingerprint density at radius 3 is 2.75 bits per heavy atom. The van der Waals surface area contributed by atoms with Crippen LogP contribution in [-0.2, 0) is 18.4 Å². The van der Waals surface area contributed by atoms with Gasteiger partial charge in [0.1, 0.15) is 0 Å². The third-order valence-corrected chi connectivity index (χ3v) is 6.59. The first-order chi connectivity index (χ1) is 13.6. The SMILES string of the molecule is C=CCSc1nnc2n(CC=C)c3c(c(=O)n12)[C@](C)(CC)Cc1ccccc1-3. The van der Waals surface area contributed by atoms with Crippen molar-refractivity contribution in [1.29, 1.82) is 0 Å². The Balaban J connectivity index is 2.17. The Labute approximate surface area is 168 Å². The van der Waals surface area contributed by atoms with Crippen molar-refractivity contribution in [3.63, 3.8) is 0 Å². The van der Waals surface area contributed by atoms with Gasteiger partial charge in [-0.25, -0.2) is 4.40 Å². The van der Waals surface area contributed by atoms with Gasteiger partial charge in [0.15, 0.2) is 5.16 Å². The molecule has 0 amide bonds. The second-order valence-electron chi connectivity index (χ2n) is 7.39. The summed E-state index contributed by atoms with van der Waals surface area (Å²) in [5, 5.41) is 9.30. The first kappa shape index (κ1) is 18.7. The largest absolute Gasteiger partial charge is 0.305 e. The average Bonchev–Trinajstić information content (AvgIpc) is 3.13. The molecule has 0 unspecified atom stereocenters. The Morgan fingerprint density at radius 1 is 1.25 bits per heavy atom. The summed E-state index contributed by atoms with van der Waals surface area (Å²) in [6, 6.07) is 8.35. The highest BCUT2D eigenvalue weighted by Gasteiger charge is 2.39. The molecule has 144 valence electrons. The fraction of sp³-hybridized carbons (Fsp3) is 0.318. The van der Waals surface area contributed by atoms with Gasteiger partial charge >= 0.3 is 0 Å². The van der Waals surface area contributed by atoms with E-state index in [0.29, 0.717) is 23.2 Å². The molecule has 0 bridgehead atoms. The molecule has 1 aromatic carbocycles. The van der Waals surface area contributed by atoms with Gasteiger partial charge in [0, 0.05) is 28.8 Å². The van der Waals surface area contributed by atoms with Gasteiger partial charge in [-0.1, -0.05) is 62.0 Å². The van der Waals surface area contributed by atoms with E-state index in [2.05, 4.69) is 60.0 Å². The van der Waals surface area contributed by atoms with Crippen molar-refractivity contribution in [2.24, 2.45) is 0 Å². The number of allylic oxidation sites excluding steroid dienone is 1. The molecule has 6 heteroatoms. The lowest BCUT2D eigenvalue weighted by Crippen LogP contribution is -2.39. The minimum absolute atomic E-state index is 0.0132. The summed E-state index contributed by atoms with van der Waals surface area (Å²) in [5.41, 5.74) is 3.91. The van der Waals surface area contributed by atoms with E-state index in [4.69, 9.17) is 0 Å². The number of hydrogen-bond donors (Lipinski definition) is 0. The molecule has 4 rings (SSSR count). The molecular formula is C22H24N4OS. The van der Waals surface area contributed by atoms with Crippen LogP contribution < -0.4 is 5.56 Å². The molecule has 1 atom stereocenters. The minimum atomic E-state index is -0.247. The molecule has 0 N–H and O–H groups in total. The van der Waals surface area contributed by atoms with Crippen LogP contribution in [0.4, 0.5) is 0 Å². The second-order valence-corrected chi connectivity index (χ2v) is 8.38. The molecule has 0 saturated heterocycles. The summed E-state index contributed by atoms with van der Waals surface area (Å²) < 4.78 is 3.75. The Morgan fingerprint density at radius 2 is 2.04 bits per heavy atom. The first-order valence-corrected chi connectivity index (χ1v) is 10.5. The molecule has 0 saturated carbocycles. The van der Waals surface area contributed by atoms with E-state index in [-0.39, 0.29) is 11.0 Å². The second kappa shape index (κ2) is 7.09. The number of fused-ring (bicyclic) bond motifs is 4. The molecule has 2 aromatic heterocycles. The molecule has 1 aliphatic rings. The van der Waals surface area contributed by atoms with Crippen molar-refractivity contribution in [2.45, 2.75) is 43.8 Å². The lowest BCUT2D eigenvalue weighted by molar-refractivity contribution is 0.435. The molecule has 3 aromatic rings. The fourth-order valence-electron chi connectivity index (χ4n) is 4.13. The van der Waals surface area contributed by atoms with Crippen molar-refractivity contribution in [2.75, 3.05) is 5.75 Å². The highest BCUT2D eigenvalue weighted by atomic mass is 32.2. The van der Waals surface area contributed by atoms with Crippen molar-refractivity contribution >= 4 is 17.5 Å². The Bertz CT molecular complexity index is 1140. The van der Waals surface area contributed by atoms with Crippen LogP contribution in [-0.4, -0.2) is 24.9 Å². The summed E-state index contributed by atoms with van der Waals surface area (Å²) in [5.74, 6) is 1.23. The first-order valence-electron chi connectivity index (χ1n) is 9.51. The van der Waals surface area contributed by atoms with E-state index in [1.165, 1.54) is 17.3 Å². The predicted octanol–water partition coefficient (Wildman–Crippen LogP) is 4.25. The highest BCUT2D eigenvalue weighted by molar-refractivity contribution is 7.99. The lowest BCUT2D eigenvalue weighted by atomic mass is 9.69. The number of nitrogens with zero attached hydrogens (tertiary/aromatic N) is 4. The van der Waals surface area contributed by atoms with Crippen molar-refractivity contribution in [3.05, 3.63) is 71.1 Å². The number of thioether (sulfide) groups is 1. The van der Waals surface area contributed by atoms with Gasteiger partial charge in [-0.3, -0.25) is 4.79 Å². The van der Waals surface area contributed by atoms with E-state index >= 15 is 0 Å². The molecule has 28 heavy (non-hydrogen) atoms. The van der Waals surface area contributed by atoms with E-state index in [0.717, 1.165) is 29.7 Å². The summed E-state index contributed by atoms with van der Waals surface area (Å²) in [6.45, 7) is 12.6. The molecule has 0 aliphatic heterocycles. The van der Waals surface area contributed by atoms with Crippen LogP contribution >= 0.6 is 11.8 Å². The monoisotopic (exact) mass is 392 g/mol. The summed E-state index contributed by atoms with van der Waals surface area (Å²) in [6.07, 6.45) is 5.37. The summed E-state index contributed by atoms with van der Waals surface area (Å²) in [7, 11) is 0. The zero-order valence-electron chi connectivity index (χ0n) is 16.3. The maximum atomic E-state index is 13.8. The normalized spacial score (nSPS) is 17.9. The predicted molar refractivity (Wildman–Crippen MR) is 115 cm³/mol. The number of rotatable bonds is 6. The molecule has 0 fully saturated rings. The molecular weight excluding hydrogens is 368 g/mol. The van der Waals surface area contributed by atoms with E-state index < -0.39 is 0 Å². The van der Waals surface area contributed by atoms with Crippen LogP contribution in [0.1, 0.15) is 31.4 Å². The minimum Gasteiger partial charge on any atom is -0.305 e. The summed E-state index contributed by atoms with van der Waals surface area (Å²) >= 11 is 1.47. The molecule has 0 radical (unpaired) electrons. The lowest BCUT2D eigenvalue weighted by Gasteiger charge is -2.37. The third kappa shape index (κ3) is 2.66. The zero-order valence-corrected chi connectivity index (χ0v) is 17.1. The zero-order chi connectivity index (χ0) is 19.9. The Hall–Kier alpha value is -2.60. The Kier molecular flexibility index (Phi) is 4.75. The van der Waals surface area contributed by atoms with Gasteiger partial charge in [-0.2, -0.15) is 0 Å². The van der Waals surface area contributed by atoms with Gasteiger partial charge in [-0.05, 0) is 18.4 Å². The molecule has 1 aliphatic carbocycles. The fourth-order valence-corrected chi connectivity index (χ4v) is 4.79. The topological polar surface area (TPSA) is 52.2 Å². The smallest absolute Gasteiger partial charge is 0.265 e. The van der Waals surface area contributed by atoms with Crippen LogP contribution in [0.25, 0.3) is 17.0 Å². The van der Waals surface area contributed by atoms with Crippen LogP contribution in [0.3, 0.4) is 0 Å². The van der Waals surface area contributed by atoms with Crippen LogP contribution in [0.2, 0.25) is 0 Å². The van der Waals surface area contributed by atoms with Crippen LogP contribution in [0, 0.1) is 0 Å². The van der Waals surface area contributed by atoms with E-state index in [1.807, 2.05) is 12.1 Å². The number of aromatic nitrogens is 4. The third-order valence-electron chi connectivity index (χ3n) is 5.66. The highest BCUT2D eigenvalue weighted by Crippen LogP contribution is 2.43. The summed E-state index contributed by atoms with van der Waals surface area (Å²) in [4.78, 5) is 13.8. The van der Waals surface area contributed by atoms with Gasteiger partial charge in [0.05, 0.1) is 5.69 Å².